The number of ether oxygens (including phenoxy) is 1. The van der Waals surface area contributed by atoms with E-state index >= 15 is 0 Å². The molecule has 0 unspecified atom stereocenters. The van der Waals surface area contributed by atoms with Crippen molar-refractivity contribution in [2.24, 2.45) is 0 Å². The number of rotatable bonds is 3. The highest BCUT2D eigenvalue weighted by molar-refractivity contribution is 5.87. The van der Waals surface area contributed by atoms with Crippen LogP contribution in [-0.2, 0) is 4.74 Å². The van der Waals surface area contributed by atoms with Crippen LogP contribution < -0.4 is 5.32 Å². The van der Waals surface area contributed by atoms with Crippen LogP contribution in [0.25, 0.3) is 28.1 Å². The molecule has 2 aromatic heterocycles. The van der Waals surface area contributed by atoms with Gasteiger partial charge in [-0.05, 0) is 63.6 Å². The Morgan fingerprint density at radius 1 is 1.09 bits per heavy atom. The highest BCUT2D eigenvalue weighted by atomic mass is 16.6. The van der Waals surface area contributed by atoms with Gasteiger partial charge in [0.1, 0.15) is 22.9 Å². The molecule has 0 radical (unpaired) electrons. The predicted octanol–water partition coefficient (Wildman–Crippen LogP) is 5.15. The lowest BCUT2D eigenvalue weighted by atomic mass is 10.1. The fraction of sp³-hybridized carbons (Fsp3) is 0.208. The minimum absolute atomic E-state index is 0.000800. The Morgan fingerprint density at radius 3 is 2.62 bits per heavy atom. The number of aryl methyl sites for hydroxylation is 1. The second-order valence-electron chi connectivity index (χ2n) is 8.47. The topological polar surface area (TPSA) is 110 Å². The molecule has 0 saturated heterocycles. The van der Waals surface area contributed by atoms with Gasteiger partial charge in [-0.3, -0.25) is 14.9 Å². The normalized spacial score (nSPS) is 11.5. The van der Waals surface area contributed by atoms with Gasteiger partial charge in [-0.25, -0.2) is 9.78 Å². The number of nitrogens with one attached hydrogen (secondary N) is 1. The van der Waals surface area contributed by atoms with Crippen LogP contribution in [0.1, 0.15) is 26.3 Å². The summed E-state index contributed by atoms with van der Waals surface area (Å²) in [4.78, 5) is 21.1. The first kappa shape index (κ1) is 21.2. The van der Waals surface area contributed by atoms with Gasteiger partial charge in [0.25, 0.3) is 0 Å². The minimum Gasteiger partial charge on any atom is -0.508 e. The Labute approximate surface area is 185 Å². The summed E-state index contributed by atoms with van der Waals surface area (Å²) in [5, 5.41) is 23.2. The lowest BCUT2D eigenvalue weighted by Crippen LogP contribution is -2.27. The molecule has 0 bridgehead atoms. The first-order chi connectivity index (χ1) is 15.1. The van der Waals surface area contributed by atoms with Crippen molar-refractivity contribution in [1.29, 1.82) is 0 Å². The fourth-order valence-electron chi connectivity index (χ4n) is 3.37. The number of fused-ring (bicyclic) bond motifs is 1. The van der Waals surface area contributed by atoms with Crippen LogP contribution in [0.5, 0.6) is 11.5 Å². The molecule has 0 spiro atoms. The molecule has 0 aliphatic rings. The Morgan fingerprint density at radius 2 is 1.88 bits per heavy atom. The van der Waals surface area contributed by atoms with Crippen LogP contribution in [0.4, 0.5) is 10.5 Å². The smallest absolute Gasteiger partial charge is 0.412 e. The summed E-state index contributed by atoms with van der Waals surface area (Å²) >= 11 is 0. The van der Waals surface area contributed by atoms with Gasteiger partial charge >= 0.3 is 6.09 Å². The van der Waals surface area contributed by atoms with Gasteiger partial charge in [-0.15, -0.1) is 0 Å². The maximum absolute atomic E-state index is 12.2. The third-order valence-corrected chi connectivity index (χ3v) is 4.76. The number of hydrogen-bond donors (Lipinski definition) is 3. The first-order valence-corrected chi connectivity index (χ1v) is 10.1. The number of anilines is 1. The van der Waals surface area contributed by atoms with Crippen molar-refractivity contribution in [1.82, 2.24) is 14.5 Å². The van der Waals surface area contributed by atoms with Crippen molar-refractivity contribution in [2.75, 3.05) is 5.32 Å². The zero-order valence-electron chi connectivity index (χ0n) is 18.2. The number of carbonyl (C=O) groups is 1. The molecule has 0 aliphatic heterocycles. The summed E-state index contributed by atoms with van der Waals surface area (Å²) < 4.78 is 7.18. The molecule has 8 nitrogen and oxygen atoms in total. The molecule has 4 rings (SSSR count). The van der Waals surface area contributed by atoms with Crippen molar-refractivity contribution >= 4 is 22.8 Å². The molecule has 2 aromatic carbocycles. The molecule has 4 aromatic rings. The molecule has 1 amide bonds. The Hall–Kier alpha value is -4.07. The minimum atomic E-state index is -0.616. The van der Waals surface area contributed by atoms with Crippen LogP contribution in [0.15, 0.2) is 54.9 Å². The van der Waals surface area contributed by atoms with Crippen LogP contribution in [-0.4, -0.2) is 36.4 Å². The molecular formula is C24H24N4O4. The van der Waals surface area contributed by atoms with Crippen molar-refractivity contribution in [3.63, 3.8) is 0 Å². The maximum atomic E-state index is 12.2. The van der Waals surface area contributed by atoms with Crippen LogP contribution >= 0.6 is 0 Å². The molecule has 2 heterocycles. The van der Waals surface area contributed by atoms with Crippen LogP contribution in [0, 0.1) is 6.92 Å². The molecule has 3 N–H and O–H groups in total. The second-order valence-corrected chi connectivity index (χ2v) is 8.47. The number of phenolic OH excluding ortho intramolecular Hbond substituents is 2. The SMILES string of the molecule is Cc1cc(-c2nc3ccncc3n2-c2cccc(NC(=O)OC(C)(C)C)c2)c(O)cc1O. The lowest BCUT2D eigenvalue weighted by molar-refractivity contribution is 0.0636. The molecule has 0 saturated carbocycles. The number of aromatic nitrogens is 3. The Kier molecular flexibility index (Phi) is 5.22. The average molecular weight is 432 g/mol. The number of phenols is 2. The highest BCUT2D eigenvalue weighted by Gasteiger charge is 2.20. The average Bonchev–Trinajstić information content (AvgIpc) is 3.08. The quantitative estimate of drug-likeness (QED) is 0.413. The summed E-state index contributed by atoms with van der Waals surface area (Å²) in [5.41, 5.74) is 3.10. The first-order valence-electron chi connectivity index (χ1n) is 10.1. The van der Waals surface area contributed by atoms with Crippen molar-refractivity contribution in [3.05, 3.63) is 60.4 Å². The van der Waals surface area contributed by atoms with E-state index in [1.165, 1.54) is 6.07 Å². The molecule has 164 valence electrons. The Balaban J connectivity index is 1.84. The number of amides is 1. The number of carbonyl (C=O) groups excluding carboxylic acids is 1. The van der Waals surface area contributed by atoms with Gasteiger partial charge in [0, 0.05) is 23.6 Å². The van der Waals surface area contributed by atoms with Crippen molar-refractivity contribution in [2.45, 2.75) is 33.3 Å². The second kappa shape index (κ2) is 7.88. The van der Waals surface area contributed by atoms with Crippen LogP contribution in [0.3, 0.4) is 0 Å². The van der Waals surface area contributed by atoms with Gasteiger partial charge in [0.05, 0.1) is 22.8 Å². The van der Waals surface area contributed by atoms with Gasteiger partial charge in [0.2, 0.25) is 0 Å². The highest BCUT2D eigenvalue weighted by Crippen LogP contribution is 2.37. The van der Waals surface area contributed by atoms with E-state index in [1.54, 1.807) is 70.4 Å². The number of pyridine rings is 1. The van der Waals surface area contributed by atoms with Gasteiger partial charge in [-0.1, -0.05) is 6.07 Å². The maximum Gasteiger partial charge on any atom is 0.412 e. The monoisotopic (exact) mass is 432 g/mol. The van der Waals surface area contributed by atoms with Crippen LogP contribution in [0.2, 0.25) is 0 Å². The van der Waals surface area contributed by atoms with E-state index in [4.69, 9.17) is 9.72 Å². The number of benzene rings is 2. The number of aromatic hydroxyl groups is 2. The largest absolute Gasteiger partial charge is 0.508 e. The van der Waals surface area contributed by atoms with E-state index < -0.39 is 11.7 Å². The molecule has 0 fully saturated rings. The summed E-state index contributed by atoms with van der Waals surface area (Å²) in [6.07, 6.45) is 2.77. The molecule has 0 atom stereocenters. The van der Waals surface area contributed by atoms with E-state index in [9.17, 15) is 15.0 Å². The van der Waals surface area contributed by atoms with E-state index in [0.29, 0.717) is 33.8 Å². The molecule has 8 heteroatoms. The van der Waals surface area contributed by atoms with Gasteiger partial charge < -0.3 is 14.9 Å². The van der Waals surface area contributed by atoms with E-state index in [0.717, 1.165) is 5.52 Å². The Bertz CT molecular complexity index is 1320. The third kappa shape index (κ3) is 4.20. The summed E-state index contributed by atoms with van der Waals surface area (Å²) in [5.74, 6) is 0.378. The number of hydrogen-bond acceptors (Lipinski definition) is 6. The molecule has 0 aliphatic carbocycles. The van der Waals surface area contributed by atoms with Crippen molar-refractivity contribution < 1.29 is 19.7 Å². The van der Waals surface area contributed by atoms with E-state index in [-0.39, 0.29) is 11.5 Å². The molecular weight excluding hydrogens is 408 g/mol. The lowest BCUT2D eigenvalue weighted by Gasteiger charge is -2.20. The predicted molar refractivity (Wildman–Crippen MR) is 122 cm³/mol. The summed E-state index contributed by atoms with van der Waals surface area (Å²) in [6, 6.07) is 12.0. The van der Waals surface area contributed by atoms with Crippen molar-refractivity contribution in [3.8, 4) is 28.6 Å². The van der Waals surface area contributed by atoms with Gasteiger partial charge in [0.15, 0.2) is 0 Å². The summed E-state index contributed by atoms with van der Waals surface area (Å²) in [7, 11) is 0. The summed E-state index contributed by atoms with van der Waals surface area (Å²) in [6.45, 7) is 7.14. The molecule has 32 heavy (non-hydrogen) atoms. The van der Waals surface area contributed by atoms with E-state index in [2.05, 4.69) is 10.3 Å². The van der Waals surface area contributed by atoms with E-state index in [1.807, 2.05) is 10.6 Å². The fourth-order valence-corrected chi connectivity index (χ4v) is 3.37. The number of nitrogens with zero attached hydrogens (tertiary/aromatic N) is 3. The number of imidazole rings is 1. The zero-order chi connectivity index (χ0) is 23.0. The standard InChI is InChI=1S/C24H24N4O4/c1-14-10-17(21(30)12-20(14)29)22-27-18-8-9-25-13-19(18)28(22)16-7-5-6-15(11-16)26-23(31)32-24(2,3)4/h5-13,29-30H,1-4H3,(H,26,31). The zero-order valence-corrected chi connectivity index (χ0v) is 18.2. The van der Waals surface area contributed by atoms with Gasteiger partial charge in [-0.2, -0.15) is 0 Å². The third-order valence-electron chi connectivity index (χ3n) is 4.76.